The van der Waals surface area contributed by atoms with Crippen LogP contribution >= 0.6 is 11.3 Å². The van der Waals surface area contributed by atoms with Crippen molar-refractivity contribution in [1.82, 2.24) is 5.32 Å². The lowest BCUT2D eigenvalue weighted by Gasteiger charge is -1.99. The normalized spacial score (nSPS) is 9.85. The molecule has 0 atom stereocenters. The standard InChI is InChI=1S/C9H13N3S/c10-4-1-5-12-7-9-3-2-8(6-11)13-9/h2-3,12H,1,4-5,7,10H2. The maximum Gasteiger partial charge on any atom is 0.110 e. The molecule has 70 valence electrons. The minimum Gasteiger partial charge on any atom is -0.330 e. The number of nitriles is 1. The Morgan fingerprint density at radius 2 is 2.38 bits per heavy atom. The molecule has 0 unspecified atom stereocenters. The fourth-order valence-corrected chi connectivity index (χ4v) is 1.75. The van der Waals surface area contributed by atoms with Crippen LogP contribution in [0.25, 0.3) is 0 Å². The molecule has 0 saturated carbocycles. The van der Waals surface area contributed by atoms with Crippen molar-refractivity contribution in [2.24, 2.45) is 5.73 Å². The molecule has 0 fully saturated rings. The van der Waals surface area contributed by atoms with Crippen LogP contribution in [0.5, 0.6) is 0 Å². The minimum atomic E-state index is 0.723. The van der Waals surface area contributed by atoms with Crippen molar-refractivity contribution in [2.75, 3.05) is 13.1 Å². The van der Waals surface area contributed by atoms with E-state index in [1.165, 1.54) is 16.2 Å². The van der Waals surface area contributed by atoms with Gasteiger partial charge in [-0.1, -0.05) is 0 Å². The first-order valence-electron chi connectivity index (χ1n) is 4.26. The predicted molar refractivity (Wildman–Crippen MR) is 54.4 cm³/mol. The van der Waals surface area contributed by atoms with Crippen LogP contribution in [0.3, 0.4) is 0 Å². The molecule has 1 heterocycles. The Morgan fingerprint density at radius 1 is 1.54 bits per heavy atom. The largest absolute Gasteiger partial charge is 0.330 e. The van der Waals surface area contributed by atoms with Gasteiger partial charge in [0.25, 0.3) is 0 Å². The molecule has 4 heteroatoms. The van der Waals surface area contributed by atoms with Crippen LogP contribution in [-0.2, 0) is 6.54 Å². The minimum absolute atomic E-state index is 0.723. The fourth-order valence-electron chi connectivity index (χ4n) is 0.972. The Morgan fingerprint density at radius 3 is 3.00 bits per heavy atom. The van der Waals surface area contributed by atoms with Gasteiger partial charge in [0.15, 0.2) is 0 Å². The summed E-state index contributed by atoms with van der Waals surface area (Å²) < 4.78 is 0. The van der Waals surface area contributed by atoms with E-state index in [9.17, 15) is 0 Å². The third kappa shape index (κ3) is 3.55. The van der Waals surface area contributed by atoms with E-state index in [0.29, 0.717) is 0 Å². The first kappa shape index (κ1) is 10.2. The highest BCUT2D eigenvalue weighted by Gasteiger charge is 1.97. The topological polar surface area (TPSA) is 61.8 Å². The average molecular weight is 195 g/mol. The second-order valence-electron chi connectivity index (χ2n) is 2.70. The Bertz CT molecular complexity index is 287. The quantitative estimate of drug-likeness (QED) is 0.690. The van der Waals surface area contributed by atoms with E-state index in [0.717, 1.165) is 30.9 Å². The van der Waals surface area contributed by atoms with E-state index in [1.807, 2.05) is 12.1 Å². The van der Waals surface area contributed by atoms with Gasteiger partial charge in [0.05, 0.1) is 0 Å². The summed E-state index contributed by atoms with van der Waals surface area (Å²) in [5.74, 6) is 0. The van der Waals surface area contributed by atoms with Gasteiger partial charge in [-0.3, -0.25) is 0 Å². The molecular formula is C9H13N3S. The van der Waals surface area contributed by atoms with Crippen LogP contribution < -0.4 is 11.1 Å². The molecule has 3 nitrogen and oxygen atoms in total. The molecule has 0 amide bonds. The van der Waals surface area contributed by atoms with Crippen LogP contribution in [0.1, 0.15) is 16.2 Å². The number of nitrogens with zero attached hydrogens (tertiary/aromatic N) is 1. The third-order valence-electron chi connectivity index (χ3n) is 1.63. The van der Waals surface area contributed by atoms with E-state index in [1.54, 1.807) is 0 Å². The van der Waals surface area contributed by atoms with E-state index in [4.69, 9.17) is 11.0 Å². The van der Waals surface area contributed by atoms with E-state index < -0.39 is 0 Å². The molecule has 1 rings (SSSR count). The highest BCUT2D eigenvalue weighted by Crippen LogP contribution is 2.14. The number of hydrogen-bond acceptors (Lipinski definition) is 4. The van der Waals surface area contributed by atoms with E-state index in [2.05, 4.69) is 11.4 Å². The van der Waals surface area contributed by atoms with Crippen LogP contribution in [0.15, 0.2) is 12.1 Å². The van der Waals surface area contributed by atoms with Gasteiger partial charge in [-0.2, -0.15) is 5.26 Å². The summed E-state index contributed by atoms with van der Waals surface area (Å²) in [4.78, 5) is 1.98. The molecule has 0 bridgehead atoms. The zero-order valence-corrected chi connectivity index (χ0v) is 8.23. The lowest BCUT2D eigenvalue weighted by molar-refractivity contribution is 0.660. The second kappa shape index (κ2) is 5.70. The first-order chi connectivity index (χ1) is 6.36. The summed E-state index contributed by atoms with van der Waals surface area (Å²) in [6.07, 6.45) is 0.997. The Kier molecular flexibility index (Phi) is 4.47. The number of nitrogens with two attached hydrogens (primary N) is 1. The van der Waals surface area contributed by atoms with E-state index in [-0.39, 0.29) is 0 Å². The summed E-state index contributed by atoms with van der Waals surface area (Å²) in [6.45, 7) is 2.50. The van der Waals surface area contributed by atoms with Crippen molar-refractivity contribution in [3.63, 3.8) is 0 Å². The summed E-state index contributed by atoms with van der Waals surface area (Å²) >= 11 is 1.54. The molecule has 0 aliphatic heterocycles. The molecule has 1 aromatic heterocycles. The van der Waals surface area contributed by atoms with Crippen LogP contribution in [0, 0.1) is 11.3 Å². The lowest BCUT2D eigenvalue weighted by Crippen LogP contribution is -2.16. The molecular weight excluding hydrogens is 182 g/mol. The summed E-state index contributed by atoms with van der Waals surface area (Å²) in [5.41, 5.74) is 5.35. The fraction of sp³-hybridized carbons (Fsp3) is 0.444. The Hall–Kier alpha value is -0.890. The van der Waals surface area contributed by atoms with Crippen LogP contribution in [-0.4, -0.2) is 13.1 Å². The number of hydrogen-bond donors (Lipinski definition) is 2. The monoisotopic (exact) mass is 195 g/mol. The number of rotatable bonds is 5. The second-order valence-corrected chi connectivity index (χ2v) is 3.87. The smallest absolute Gasteiger partial charge is 0.110 e. The van der Waals surface area contributed by atoms with Crippen molar-refractivity contribution in [3.8, 4) is 6.07 Å². The van der Waals surface area contributed by atoms with Gasteiger partial charge in [-0.05, 0) is 31.6 Å². The SMILES string of the molecule is N#Cc1ccc(CNCCCN)s1. The summed E-state index contributed by atoms with van der Waals surface area (Å²) in [7, 11) is 0. The summed E-state index contributed by atoms with van der Waals surface area (Å²) in [5, 5.41) is 11.8. The molecule has 0 radical (unpaired) electrons. The third-order valence-corrected chi connectivity index (χ3v) is 2.62. The van der Waals surface area contributed by atoms with Crippen LogP contribution in [0.4, 0.5) is 0 Å². The zero-order chi connectivity index (χ0) is 9.52. The molecule has 13 heavy (non-hydrogen) atoms. The summed E-state index contributed by atoms with van der Waals surface area (Å²) in [6, 6.07) is 5.96. The number of nitrogens with one attached hydrogen (secondary N) is 1. The van der Waals surface area contributed by atoms with Crippen molar-refractivity contribution in [3.05, 3.63) is 21.9 Å². The maximum absolute atomic E-state index is 8.58. The highest BCUT2D eigenvalue weighted by molar-refractivity contribution is 7.12. The van der Waals surface area contributed by atoms with Crippen LogP contribution in [0.2, 0.25) is 0 Å². The van der Waals surface area contributed by atoms with Gasteiger partial charge >= 0.3 is 0 Å². The molecule has 0 saturated heterocycles. The van der Waals surface area contributed by atoms with Gasteiger partial charge < -0.3 is 11.1 Å². The highest BCUT2D eigenvalue weighted by atomic mass is 32.1. The predicted octanol–water partition coefficient (Wildman–Crippen LogP) is 1.06. The Balaban J connectivity index is 2.25. The van der Waals surface area contributed by atoms with Gasteiger partial charge in [0, 0.05) is 11.4 Å². The molecule has 0 aromatic carbocycles. The van der Waals surface area contributed by atoms with Gasteiger partial charge in [0.2, 0.25) is 0 Å². The average Bonchev–Trinajstić information content (AvgIpc) is 2.60. The number of thiophene rings is 1. The molecule has 0 spiro atoms. The van der Waals surface area contributed by atoms with Crippen molar-refractivity contribution < 1.29 is 0 Å². The maximum atomic E-state index is 8.58. The molecule has 1 aromatic rings. The van der Waals surface area contributed by atoms with Crippen molar-refractivity contribution >= 4 is 11.3 Å². The van der Waals surface area contributed by atoms with Crippen molar-refractivity contribution in [1.29, 1.82) is 5.26 Å². The Labute approximate surface area is 82.2 Å². The molecule has 0 aliphatic rings. The first-order valence-corrected chi connectivity index (χ1v) is 5.08. The van der Waals surface area contributed by atoms with Crippen molar-refractivity contribution in [2.45, 2.75) is 13.0 Å². The van der Waals surface area contributed by atoms with Gasteiger partial charge in [0.1, 0.15) is 10.9 Å². The zero-order valence-electron chi connectivity index (χ0n) is 7.42. The molecule has 3 N–H and O–H groups in total. The van der Waals surface area contributed by atoms with E-state index >= 15 is 0 Å². The lowest BCUT2D eigenvalue weighted by atomic mass is 10.4. The molecule has 0 aliphatic carbocycles. The van der Waals surface area contributed by atoms with Gasteiger partial charge in [-0.15, -0.1) is 11.3 Å². The van der Waals surface area contributed by atoms with Gasteiger partial charge in [-0.25, -0.2) is 0 Å².